The van der Waals surface area contributed by atoms with Crippen LogP contribution in [-0.4, -0.2) is 30.3 Å². The molecule has 2 rings (SSSR count). The van der Waals surface area contributed by atoms with Crippen molar-refractivity contribution in [3.63, 3.8) is 0 Å². The number of hydrogen-bond donors (Lipinski definition) is 0. The summed E-state index contributed by atoms with van der Waals surface area (Å²) in [7, 11) is 2.08. The highest BCUT2D eigenvalue weighted by atomic mass is 35.5. The van der Waals surface area contributed by atoms with Gasteiger partial charge in [-0.05, 0) is 26.3 Å². The van der Waals surface area contributed by atoms with Crippen LogP contribution < -0.4 is 0 Å². The van der Waals surface area contributed by atoms with Gasteiger partial charge in [0.1, 0.15) is 6.29 Å². The number of carbonyl (C=O) groups excluding carboxylic acids is 1. The van der Waals surface area contributed by atoms with E-state index in [0.29, 0.717) is 12.1 Å². The molecule has 2 bridgehead atoms. The van der Waals surface area contributed by atoms with Crippen molar-refractivity contribution in [2.24, 2.45) is 0 Å². The van der Waals surface area contributed by atoms with E-state index in [4.69, 9.17) is 11.6 Å². The number of likely N-dealkylation sites (N-methyl/N-ethyl adjacent to an activating group) is 1. The molecule has 2 aliphatic heterocycles. The second-order valence-corrected chi connectivity index (χ2v) is 4.05. The van der Waals surface area contributed by atoms with Crippen molar-refractivity contribution in [1.29, 1.82) is 0 Å². The van der Waals surface area contributed by atoms with E-state index in [2.05, 4.69) is 11.9 Å². The zero-order valence-electron chi connectivity index (χ0n) is 7.09. The molecular formula is C9H12ClNO. The molecule has 2 nitrogen and oxygen atoms in total. The van der Waals surface area contributed by atoms with Gasteiger partial charge in [-0.3, -0.25) is 9.69 Å². The fourth-order valence-electron chi connectivity index (χ4n) is 2.28. The zero-order chi connectivity index (χ0) is 8.72. The fraction of sp³-hybridized carbons (Fsp3) is 0.667. The Hall–Kier alpha value is -0.340. The molecule has 1 saturated heterocycles. The van der Waals surface area contributed by atoms with Crippen LogP contribution in [-0.2, 0) is 4.79 Å². The number of rotatable bonds is 1. The molecule has 0 aromatic heterocycles. The van der Waals surface area contributed by atoms with Gasteiger partial charge in [0, 0.05) is 22.7 Å². The van der Waals surface area contributed by atoms with Gasteiger partial charge in [-0.15, -0.1) is 0 Å². The molecular weight excluding hydrogens is 174 g/mol. The van der Waals surface area contributed by atoms with Crippen LogP contribution in [0.15, 0.2) is 10.6 Å². The molecule has 0 saturated carbocycles. The molecule has 3 heteroatoms. The second kappa shape index (κ2) is 2.86. The number of fused-ring (bicyclic) bond motifs is 2. The summed E-state index contributed by atoms with van der Waals surface area (Å²) < 4.78 is 0. The Morgan fingerprint density at radius 3 is 3.00 bits per heavy atom. The molecule has 2 aliphatic rings. The van der Waals surface area contributed by atoms with Crippen molar-refractivity contribution in [2.45, 2.75) is 31.3 Å². The minimum atomic E-state index is 0.300. The topological polar surface area (TPSA) is 20.3 Å². The molecule has 0 aliphatic carbocycles. The van der Waals surface area contributed by atoms with Crippen molar-refractivity contribution in [2.75, 3.05) is 7.05 Å². The lowest BCUT2D eigenvalue weighted by Crippen LogP contribution is -2.37. The van der Waals surface area contributed by atoms with Crippen LogP contribution >= 0.6 is 11.6 Å². The van der Waals surface area contributed by atoms with Crippen LogP contribution in [0.1, 0.15) is 19.3 Å². The minimum Gasteiger partial charge on any atom is -0.298 e. The third-order valence-corrected chi connectivity index (χ3v) is 3.43. The van der Waals surface area contributed by atoms with E-state index >= 15 is 0 Å². The SMILES string of the molecule is CN1C2CCC1C(C=O)=C(Cl)C2. The molecule has 0 aromatic carbocycles. The summed E-state index contributed by atoms with van der Waals surface area (Å²) >= 11 is 6.00. The van der Waals surface area contributed by atoms with Crippen molar-refractivity contribution >= 4 is 17.9 Å². The smallest absolute Gasteiger partial charge is 0.148 e. The summed E-state index contributed by atoms with van der Waals surface area (Å²) in [5, 5.41) is 0.788. The molecule has 2 unspecified atom stereocenters. The van der Waals surface area contributed by atoms with Crippen molar-refractivity contribution < 1.29 is 4.79 Å². The largest absolute Gasteiger partial charge is 0.298 e. The Labute approximate surface area is 77.2 Å². The lowest BCUT2D eigenvalue weighted by atomic mass is 10.0. The molecule has 1 fully saturated rings. The van der Waals surface area contributed by atoms with Gasteiger partial charge in [-0.25, -0.2) is 0 Å². The average Bonchev–Trinajstić information content (AvgIpc) is 2.34. The quantitative estimate of drug-likeness (QED) is 0.578. The molecule has 66 valence electrons. The monoisotopic (exact) mass is 185 g/mol. The number of nitrogens with zero attached hydrogens (tertiary/aromatic N) is 1. The van der Waals surface area contributed by atoms with E-state index in [9.17, 15) is 4.79 Å². The lowest BCUT2D eigenvalue weighted by Gasteiger charge is -2.31. The maximum absolute atomic E-state index is 10.7. The first kappa shape index (κ1) is 8.27. The van der Waals surface area contributed by atoms with Gasteiger partial charge in [0.15, 0.2) is 0 Å². The summed E-state index contributed by atoms with van der Waals surface area (Å²) in [5.41, 5.74) is 0.813. The molecule has 0 spiro atoms. The first-order valence-electron chi connectivity index (χ1n) is 4.29. The highest BCUT2D eigenvalue weighted by molar-refractivity contribution is 6.31. The summed E-state index contributed by atoms with van der Waals surface area (Å²) in [6.45, 7) is 0. The van der Waals surface area contributed by atoms with Crippen LogP contribution in [0, 0.1) is 0 Å². The van der Waals surface area contributed by atoms with Gasteiger partial charge in [-0.2, -0.15) is 0 Å². The van der Waals surface area contributed by atoms with Crippen LogP contribution in [0.3, 0.4) is 0 Å². The molecule has 0 N–H and O–H groups in total. The first-order chi connectivity index (χ1) is 5.74. The van der Waals surface area contributed by atoms with Gasteiger partial charge in [0.25, 0.3) is 0 Å². The van der Waals surface area contributed by atoms with Crippen LogP contribution in [0.25, 0.3) is 0 Å². The van der Waals surface area contributed by atoms with Gasteiger partial charge in [-0.1, -0.05) is 11.6 Å². The van der Waals surface area contributed by atoms with E-state index in [1.165, 1.54) is 6.42 Å². The Morgan fingerprint density at radius 1 is 1.58 bits per heavy atom. The zero-order valence-corrected chi connectivity index (χ0v) is 7.84. The number of halogens is 1. The molecule has 0 radical (unpaired) electrons. The van der Waals surface area contributed by atoms with Crippen LogP contribution in [0.4, 0.5) is 0 Å². The predicted octanol–water partition coefficient (Wildman–Crippen LogP) is 1.54. The summed E-state index contributed by atoms with van der Waals surface area (Å²) in [6, 6.07) is 0.875. The van der Waals surface area contributed by atoms with Crippen LogP contribution in [0.2, 0.25) is 0 Å². The molecule has 2 heterocycles. The van der Waals surface area contributed by atoms with Crippen molar-refractivity contribution in [3.8, 4) is 0 Å². The molecule has 12 heavy (non-hydrogen) atoms. The van der Waals surface area contributed by atoms with Gasteiger partial charge < -0.3 is 0 Å². The van der Waals surface area contributed by atoms with Gasteiger partial charge in [0.2, 0.25) is 0 Å². The highest BCUT2D eigenvalue weighted by Gasteiger charge is 2.38. The van der Waals surface area contributed by atoms with E-state index in [1.54, 1.807) is 0 Å². The Bertz CT molecular complexity index is 249. The highest BCUT2D eigenvalue weighted by Crippen LogP contribution is 2.38. The van der Waals surface area contributed by atoms with Gasteiger partial charge in [0.05, 0.1) is 0 Å². The summed E-state index contributed by atoms with van der Waals surface area (Å²) in [6.07, 6.45) is 4.05. The Kier molecular flexibility index (Phi) is 1.97. The predicted molar refractivity (Wildman–Crippen MR) is 48.1 cm³/mol. The minimum absolute atomic E-state index is 0.300. The van der Waals surface area contributed by atoms with Gasteiger partial charge >= 0.3 is 0 Å². The lowest BCUT2D eigenvalue weighted by molar-refractivity contribution is -0.105. The Balaban J connectivity index is 2.36. The fourth-order valence-corrected chi connectivity index (χ4v) is 2.63. The molecule has 0 aromatic rings. The first-order valence-corrected chi connectivity index (χ1v) is 4.67. The van der Waals surface area contributed by atoms with Crippen molar-refractivity contribution in [1.82, 2.24) is 4.90 Å². The van der Waals surface area contributed by atoms with E-state index < -0.39 is 0 Å². The number of aldehydes is 1. The van der Waals surface area contributed by atoms with E-state index in [-0.39, 0.29) is 0 Å². The standard InChI is InChI=1S/C9H12ClNO/c1-11-6-2-3-9(11)7(5-12)8(10)4-6/h5-6,9H,2-4H2,1H3. The average molecular weight is 186 g/mol. The maximum Gasteiger partial charge on any atom is 0.148 e. The third kappa shape index (κ3) is 1.02. The summed E-state index contributed by atoms with van der Waals surface area (Å²) in [4.78, 5) is 13.0. The normalized spacial score (nSPS) is 35.8. The molecule has 2 atom stereocenters. The Morgan fingerprint density at radius 2 is 2.33 bits per heavy atom. The van der Waals surface area contributed by atoms with E-state index in [0.717, 1.165) is 29.7 Å². The van der Waals surface area contributed by atoms with E-state index in [1.807, 2.05) is 0 Å². The summed E-state index contributed by atoms with van der Waals surface area (Å²) in [5.74, 6) is 0. The van der Waals surface area contributed by atoms with Crippen molar-refractivity contribution in [3.05, 3.63) is 10.6 Å². The maximum atomic E-state index is 10.7. The number of hydrogen-bond acceptors (Lipinski definition) is 2. The second-order valence-electron chi connectivity index (χ2n) is 3.59. The van der Waals surface area contributed by atoms with Crippen LogP contribution in [0.5, 0.6) is 0 Å². The number of carbonyl (C=O) groups is 1. The molecule has 0 amide bonds. The third-order valence-electron chi connectivity index (χ3n) is 3.05.